The van der Waals surface area contributed by atoms with Gasteiger partial charge in [-0.25, -0.2) is 4.39 Å². The monoisotopic (exact) mass is 256 g/mol. The fraction of sp³-hybridized carbons (Fsp3) is 0.200. The number of nitrogens with zero attached hydrogens (tertiary/aromatic N) is 2. The van der Waals surface area contributed by atoms with Crippen LogP contribution in [0.25, 0.3) is 0 Å². The third kappa shape index (κ3) is 1.99. The highest BCUT2D eigenvalue weighted by molar-refractivity contribution is 6.14. The Bertz CT molecular complexity index is 652. The molecule has 0 saturated carbocycles. The van der Waals surface area contributed by atoms with Crippen molar-refractivity contribution >= 4 is 5.71 Å². The maximum Gasteiger partial charge on any atom is 0.127 e. The van der Waals surface area contributed by atoms with Gasteiger partial charge >= 0.3 is 0 Å². The Balaban J connectivity index is 2.26. The summed E-state index contributed by atoms with van der Waals surface area (Å²) < 4.78 is 13.9. The van der Waals surface area contributed by atoms with E-state index in [1.807, 2.05) is 6.07 Å². The number of oxime groups is 1. The van der Waals surface area contributed by atoms with Gasteiger partial charge in [0.2, 0.25) is 0 Å². The molecule has 4 heteroatoms. The van der Waals surface area contributed by atoms with E-state index in [-0.39, 0.29) is 5.82 Å². The predicted octanol–water partition coefficient (Wildman–Crippen LogP) is 2.94. The van der Waals surface area contributed by atoms with Gasteiger partial charge in [0.1, 0.15) is 11.5 Å². The number of fused-ring (bicyclic) bond motifs is 2. The zero-order chi connectivity index (χ0) is 13.2. The quantitative estimate of drug-likeness (QED) is 0.582. The second-order valence-electron chi connectivity index (χ2n) is 4.57. The standard InChI is InChI=1S/C15H13FN2O/c16-13-7-1-5-11-10(13)4-2-8-14-12(15(11)18-19)6-3-9-17-14/h1,3,5-7,9,19H,2,4,8H2/b18-15+. The first kappa shape index (κ1) is 11.8. The van der Waals surface area contributed by atoms with E-state index in [1.165, 1.54) is 6.07 Å². The molecule has 0 atom stereocenters. The third-order valence-corrected chi connectivity index (χ3v) is 3.46. The average Bonchev–Trinajstić information content (AvgIpc) is 2.41. The Morgan fingerprint density at radius 2 is 1.95 bits per heavy atom. The highest BCUT2D eigenvalue weighted by Crippen LogP contribution is 2.25. The van der Waals surface area contributed by atoms with Gasteiger partial charge in [-0.3, -0.25) is 4.98 Å². The van der Waals surface area contributed by atoms with E-state index in [9.17, 15) is 9.60 Å². The molecule has 2 aromatic rings. The van der Waals surface area contributed by atoms with E-state index in [0.29, 0.717) is 23.3 Å². The zero-order valence-corrected chi connectivity index (χ0v) is 10.3. The van der Waals surface area contributed by atoms with Gasteiger partial charge in [-0.15, -0.1) is 0 Å². The van der Waals surface area contributed by atoms with E-state index in [0.717, 1.165) is 24.1 Å². The molecule has 3 rings (SSSR count). The van der Waals surface area contributed by atoms with Gasteiger partial charge < -0.3 is 5.21 Å². The molecule has 0 amide bonds. The summed E-state index contributed by atoms with van der Waals surface area (Å²) in [5.74, 6) is -0.244. The Kier molecular flexibility index (Phi) is 2.99. The maximum absolute atomic E-state index is 13.9. The Hall–Kier alpha value is -2.23. The smallest absolute Gasteiger partial charge is 0.127 e. The summed E-state index contributed by atoms with van der Waals surface area (Å²) in [6.07, 6.45) is 3.93. The van der Waals surface area contributed by atoms with Crippen LogP contribution >= 0.6 is 0 Å². The molecule has 19 heavy (non-hydrogen) atoms. The minimum atomic E-state index is -0.244. The minimum absolute atomic E-state index is 0.244. The molecule has 1 heterocycles. The molecule has 0 spiro atoms. The van der Waals surface area contributed by atoms with Crippen molar-refractivity contribution < 1.29 is 9.60 Å². The first-order valence-corrected chi connectivity index (χ1v) is 6.25. The van der Waals surface area contributed by atoms with Crippen molar-refractivity contribution in [2.75, 3.05) is 0 Å². The van der Waals surface area contributed by atoms with Gasteiger partial charge in [0.05, 0.1) is 0 Å². The van der Waals surface area contributed by atoms with Crippen molar-refractivity contribution in [3.8, 4) is 0 Å². The SMILES string of the molecule is O/N=C1/c2cccnc2CCCc2c(F)cccc21. The van der Waals surface area contributed by atoms with E-state index in [2.05, 4.69) is 10.1 Å². The van der Waals surface area contributed by atoms with Crippen LogP contribution in [-0.2, 0) is 12.8 Å². The van der Waals surface area contributed by atoms with Crippen molar-refractivity contribution in [2.45, 2.75) is 19.3 Å². The van der Waals surface area contributed by atoms with Gasteiger partial charge in [-0.1, -0.05) is 17.3 Å². The summed E-state index contributed by atoms with van der Waals surface area (Å²) in [6.45, 7) is 0. The zero-order valence-electron chi connectivity index (χ0n) is 10.3. The van der Waals surface area contributed by atoms with Crippen LogP contribution in [0.2, 0.25) is 0 Å². The molecule has 0 saturated heterocycles. The van der Waals surface area contributed by atoms with Crippen LogP contribution in [0.5, 0.6) is 0 Å². The summed E-state index contributed by atoms with van der Waals surface area (Å²) in [4.78, 5) is 4.33. The molecule has 1 aliphatic rings. The first-order valence-electron chi connectivity index (χ1n) is 6.25. The molecule has 0 radical (unpaired) electrons. The lowest BCUT2D eigenvalue weighted by Gasteiger charge is -2.17. The summed E-state index contributed by atoms with van der Waals surface area (Å²) in [6, 6.07) is 8.52. The fourth-order valence-corrected chi connectivity index (χ4v) is 2.57. The average molecular weight is 256 g/mol. The lowest BCUT2D eigenvalue weighted by atomic mass is 9.89. The lowest BCUT2D eigenvalue weighted by molar-refractivity contribution is 0.319. The van der Waals surface area contributed by atoms with Crippen LogP contribution in [0.1, 0.15) is 28.8 Å². The van der Waals surface area contributed by atoms with Crippen LogP contribution in [0.4, 0.5) is 4.39 Å². The Morgan fingerprint density at radius 3 is 2.79 bits per heavy atom. The summed E-state index contributed by atoms with van der Waals surface area (Å²) in [7, 11) is 0. The van der Waals surface area contributed by atoms with Crippen molar-refractivity contribution in [1.82, 2.24) is 4.98 Å². The molecule has 96 valence electrons. The van der Waals surface area contributed by atoms with Crippen LogP contribution in [0, 0.1) is 5.82 Å². The van der Waals surface area contributed by atoms with Crippen molar-refractivity contribution in [3.05, 3.63) is 64.7 Å². The minimum Gasteiger partial charge on any atom is -0.410 e. The summed E-state index contributed by atoms with van der Waals surface area (Å²) in [5.41, 5.74) is 3.33. The molecule has 0 aliphatic heterocycles. The molecule has 1 N–H and O–H groups in total. The number of hydrogen-bond acceptors (Lipinski definition) is 3. The molecule has 1 aliphatic carbocycles. The molecule has 0 unspecified atom stereocenters. The van der Waals surface area contributed by atoms with E-state index < -0.39 is 0 Å². The fourth-order valence-electron chi connectivity index (χ4n) is 2.57. The number of aryl methyl sites for hydroxylation is 1. The molecule has 1 aromatic heterocycles. The largest absolute Gasteiger partial charge is 0.410 e. The van der Waals surface area contributed by atoms with Crippen LogP contribution in [-0.4, -0.2) is 15.9 Å². The highest BCUT2D eigenvalue weighted by Gasteiger charge is 2.21. The first-order chi connectivity index (χ1) is 9.31. The van der Waals surface area contributed by atoms with Gasteiger partial charge in [-0.05, 0) is 43.0 Å². The van der Waals surface area contributed by atoms with Crippen molar-refractivity contribution in [1.29, 1.82) is 0 Å². The number of pyridine rings is 1. The van der Waals surface area contributed by atoms with Crippen LogP contribution in [0.3, 0.4) is 0 Å². The molecular weight excluding hydrogens is 243 g/mol. The second kappa shape index (κ2) is 4.80. The number of halogens is 1. The molecule has 1 aromatic carbocycles. The Morgan fingerprint density at radius 1 is 1.11 bits per heavy atom. The molecule has 3 nitrogen and oxygen atoms in total. The topological polar surface area (TPSA) is 45.5 Å². The van der Waals surface area contributed by atoms with Crippen LogP contribution in [0.15, 0.2) is 41.7 Å². The van der Waals surface area contributed by atoms with E-state index in [1.54, 1.807) is 24.4 Å². The van der Waals surface area contributed by atoms with Gasteiger partial charge in [0.15, 0.2) is 0 Å². The van der Waals surface area contributed by atoms with Crippen molar-refractivity contribution in [3.63, 3.8) is 0 Å². The molecule has 0 fully saturated rings. The summed E-state index contributed by atoms with van der Waals surface area (Å²) in [5, 5.41) is 12.7. The second-order valence-corrected chi connectivity index (χ2v) is 4.57. The maximum atomic E-state index is 13.9. The van der Waals surface area contributed by atoms with Gasteiger partial charge in [-0.2, -0.15) is 0 Å². The predicted molar refractivity (Wildman–Crippen MR) is 70.1 cm³/mol. The van der Waals surface area contributed by atoms with Gasteiger partial charge in [0, 0.05) is 23.0 Å². The normalized spacial score (nSPS) is 16.4. The van der Waals surface area contributed by atoms with Crippen molar-refractivity contribution in [2.24, 2.45) is 5.16 Å². The lowest BCUT2D eigenvalue weighted by Crippen LogP contribution is -2.15. The number of rotatable bonds is 0. The third-order valence-electron chi connectivity index (χ3n) is 3.46. The number of hydrogen-bond donors (Lipinski definition) is 1. The van der Waals surface area contributed by atoms with E-state index >= 15 is 0 Å². The molecular formula is C15H13FN2O. The Labute approximate surface area is 110 Å². The van der Waals surface area contributed by atoms with E-state index in [4.69, 9.17) is 0 Å². The highest BCUT2D eigenvalue weighted by atomic mass is 19.1. The summed E-state index contributed by atoms with van der Waals surface area (Å²) >= 11 is 0. The number of aromatic nitrogens is 1. The number of benzene rings is 1. The van der Waals surface area contributed by atoms with Crippen LogP contribution < -0.4 is 0 Å². The van der Waals surface area contributed by atoms with Gasteiger partial charge in [0.25, 0.3) is 0 Å². The molecule has 0 bridgehead atoms.